The lowest BCUT2D eigenvalue weighted by Gasteiger charge is -1.84. The summed E-state index contributed by atoms with van der Waals surface area (Å²) in [4.78, 5) is 0. The number of hydrogen-bond acceptors (Lipinski definition) is 1. The van der Waals surface area contributed by atoms with Gasteiger partial charge in [-0.15, -0.1) is 0 Å². The van der Waals surface area contributed by atoms with Crippen LogP contribution >= 0.6 is 0 Å². The molecule has 0 fully saturated rings. The Balaban J connectivity index is 0.000000605. The molecule has 0 bridgehead atoms. The van der Waals surface area contributed by atoms with Crippen molar-refractivity contribution in [2.75, 3.05) is 0 Å². The normalized spacial score (nSPS) is 9.55. The summed E-state index contributed by atoms with van der Waals surface area (Å²) in [5, 5.41) is 0. The highest BCUT2D eigenvalue weighted by molar-refractivity contribution is 5.30. The molecule has 0 aliphatic rings. The molecule has 0 saturated carbocycles. The maximum absolute atomic E-state index is 2.08. The van der Waals surface area contributed by atoms with E-state index in [1.54, 1.807) is 0 Å². The molecular formula is C8H10N2O. The van der Waals surface area contributed by atoms with Gasteiger partial charge in [0.1, 0.15) is 12.4 Å². The van der Waals surface area contributed by atoms with Crippen LogP contribution in [0.4, 0.5) is 0 Å². The van der Waals surface area contributed by atoms with Crippen LogP contribution in [0.5, 0.6) is 0 Å². The first kappa shape index (κ1) is 7.75. The quantitative estimate of drug-likeness (QED) is 0.506. The van der Waals surface area contributed by atoms with E-state index < -0.39 is 0 Å². The lowest BCUT2D eigenvalue weighted by Crippen LogP contribution is -2.25. The van der Waals surface area contributed by atoms with Crippen LogP contribution in [0.1, 0.15) is 0 Å². The van der Waals surface area contributed by atoms with Gasteiger partial charge >= 0.3 is 0 Å². The number of aryl methyl sites for hydroxylation is 1. The smallest absolute Gasteiger partial charge is 0.285 e. The zero-order valence-electron chi connectivity index (χ0n) is 6.31. The van der Waals surface area contributed by atoms with E-state index >= 15 is 0 Å². The Morgan fingerprint density at radius 2 is 2.09 bits per heavy atom. The van der Waals surface area contributed by atoms with Crippen molar-refractivity contribution < 1.29 is 10.0 Å². The fraction of sp³-hybridized carbons (Fsp3) is 0.125. The van der Waals surface area contributed by atoms with Crippen molar-refractivity contribution in [1.82, 2.24) is 4.40 Å². The molecule has 0 aliphatic heterocycles. The van der Waals surface area contributed by atoms with Crippen LogP contribution in [0.15, 0.2) is 36.8 Å². The number of aromatic nitrogens is 2. The lowest BCUT2D eigenvalue weighted by molar-refractivity contribution is -0.644. The van der Waals surface area contributed by atoms with Crippen molar-refractivity contribution in [2.45, 2.75) is 0 Å². The van der Waals surface area contributed by atoms with Gasteiger partial charge in [-0.3, -0.25) is 0 Å². The molecule has 11 heavy (non-hydrogen) atoms. The van der Waals surface area contributed by atoms with E-state index in [-0.39, 0.29) is 5.48 Å². The third-order valence-corrected chi connectivity index (χ3v) is 1.68. The molecule has 0 radical (unpaired) electrons. The molecule has 2 heterocycles. The van der Waals surface area contributed by atoms with Gasteiger partial charge in [0, 0.05) is 6.07 Å². The summed E-state index contributed by atoms with van der Waals surface area (Å²) >= 11 is 0. The minimum absolute atomic E-state index is 0. The van der Waals surface area contributed by atoms with E-state index in [1.165, 1.54) is 5.65 Å². The highest BCUT2D eigenvalue weighted by Crippen LogP contribution is 1.94. The van der Waals surface area contributed by atoms with Gasteiger partial charge in [0.2, 0.25) is 0 Å². The van der Waals surface area contributed by atoms with Gasteiger partial charge in [-0.05, 0) is 6.07 Å². The summed E-state index contributed by atoms with van der Waals surface area (Å²) in [5.74, 6) is 0. The van der Waals surface area contributed by atoms with E-state index in [2.05, 4.69) is 15.0 Å². The van der Waals surface area contributed by atoms with Crippen LogP contribution < -0.4 is 4.57 Å². The molecule has 2 rings (SSSR count). The second-order valence-electron chi connectivity index (χ2n) is 2.38. The van der Waals surface area contributed by atoms with Crippen molar-refractivity contribution in [3.63, 3.8) is 0 Å². The Morgan fingerprint density at radius 3 is 2.82 bits per heavy atom. The van der Waals surface area contributed by atoms with Gasteiger partial charge in [-0.25, -0.2) is 8.97 Å². The molecule has 0 amide bonds. The van der Waals surface area contributed by atoms with Gasteiger partial charge in [0.15, 0.2) is 0 Å². The molecule has 0 spiro atoms. The van der Waals surface area contributed by atoms with E-state index in [4.69, 9.17) is 0 Å². The van der Waals surface area contributed by atoms with Crippen LogP contribution in [-0.4, -0.2) is 9.88 Å². The summed E-state index contributed by atoms with van der Waals surface area (Å²) in [6.45, 7) is 0. The molecule has 2 aromatic heterocycles. The monoisotopic (exact) mass is 150 g/mol. The SMILES string of the molecule is C[n+]1ccn2ccccc21.[OH-]. The van der Waals surface area contributed by atoms with E-state index in [0.717, 1.165) is 0 Å². The van der Waals surface area contributed by atoms with Crippen LogP contribution in [0.2, 0.25) is 0 Å². The largest absolute Gasteiger partial charge is 0.870 e. The Hall–Kier alpha value is -1.35. The molecule has 0 atom stereocenters. The van der Waals surface area contributed by atoms with Crippen molar-refractivity contribution in [1.29, 1.82) is 0 Å². The highest BCUT2D eigenvalue weighted by Gasteiger charge is 2.00. The number of imidazole rings is 1. The molecule has 3 heteroatoms. The Bertz CT molecular complexity index is 354. The minimum Gasteiger partial charge on any atom is -0.870 e. The van der Waals surface area contributed by atoms with Gasteiger partial charge in [0.05, 0.1) is 13.2 Å². The van der Waals surface area contributed by atoms with E-state index in [9.17, 15) is 0 Å². The third kappa shape index (κ3) is 1.10. The van der Waals surface area contributed by atoms with Crippen LogP contribution in [-0.2, 0) is 7.05 Å². The molecule has 2 aromatic rings. The average Bonchev–Trinajstić information content (AvgIpc) is 2.34. The third-order valence-electron chi connectivity index (χ3n) is 1.68. The summed E-state index contributed by atoms with van der Waals surface area (Å²) in [6, 6.07) is 6.14. The molecule has 3 nitrogen and oxygen atoms in total. The summed E-state index contributed by atoms with van der Waals surface area (Å²) in [7, 11) is 2.04. The summed E-state index contributed by atoms with van der Waals surface area (Å²) in [5.41, 5.74) is 1.21. The standard InChI is InChI=1S/C8H9N2.H2O/c1-9-6-7-10-5-3-2-4-8(9)10;/h2-7H,1H3;1H2/q+1;/p-1. The van der Waals surface area contributed by atoms with Crippen molar-refractivity contribution in [3.05, 3.63) is 36.8 Å². The van der Waals surface area contributed by atoms with Crippen LogP contribution in [0, 0.1) is 0 Å². The first-order chi connectivity index (χ1) is 4.88. The zero-order chi connectivity index (χ0) is 6.97. The van der Waals surface area contributed by atoms with E-state index in [1.807, 2.05) is 37.8 Å². The summed E-state index contributed by atoms with van der Waals surface area (Å²) in [6.07, 6.45) is 6.11. The second kappa shape index (κ2) is 2.72. The maximum Gasteiger partial charge on any atom is 0.285 e. The van der Waals surface area contributed by atoms with Crippen LogP contribution in [0.25, 0.3) is 5.65 Å². The fourth-order valence-electron chi connectivity index (χ4n) is 1.12. The highest BCUT2D eigenvalue weighted by atomic mass is 16.0. The molecule has 0 aromatic carbocycles. The first-order valence-electron chi connectivity index (χ1n) is 3.29. The Labute approximate surface area is 64.8 Å². The predicted octanol–water partition coefficient (Wildman–Crippen LogP) is 0.587. The van der Waals surface area contributed by atoms with Crippen molar-refractivity contribution in [2.24, 2.45) is 7.05 Å². The molecule has 58 valence electrons. The fourth-order valence-corrected chi connectivity index (χ4v) is 1.12. The number of nitrogens with zero attached hydrogens (tertiary/aromatic N) is 2. The minimum atomic E-state index is 0. The lowest BCUT2D eigenvalue weighted by atomic mass is 10.5. The van der Waals surface area contributed by atoms with Gasteiger partial charge < -0.3 is 5.48 Å². The topological polar surface area (TPSA) is 38.3 Å². The number of rotatable bonds is 0. The Kier molecular flexibility index (Phi) is 1.92. The van der Waals surface area contributed by atoms with Crippen LogP contribution in [0.3, 0.4) is 0 Å². The molecule has 0 saturated heterocycles. The second-order valence-corrected chi connectivity index (χ2v) is 2.38. The van der Waals surface area contributed by atoms with Gasteiger partial charge in [-0.2, -0.15) is 0 Å². The van der Waals surface area contributed by atoms with E-state index in [0.29, 0.717) is 0 Å². The Morgan fingerprint density at radius 1 is 1.27 bits per heavy atom. The number of hydrogen-bond donors (Lipinski definition) is 0. The zero-order valence-corrected chi connectivity index (χ0v) is 6.31. The van der Waals surface area contributed by atoms with Crippen molar-refractivity contribution in [3.8, 4) is 0 Å². The van der Waals surface area contributed by atoms with Gasteiger partial charge in [0.25, 0.3) is 5.65 Å². The summed E-state index contributed by atoms with van der Waals surface area (Å²) < 4.78 is 4.17. The molecule has 0 aliphatic carbocycles. The molecule has 1 N–H and O–H groups in total. The molecule has 0 unspecified atom stereocenters. The maximum atomic E-state index is 2.08. The predicted molar refractivity (Wildman–Crippen MR) is 40.5 cm³/mol. The number of fused-ring (bicyclic) bond motifs is 1. The van der Waals surface area contributed by atoms with Gasteiger partial charge in [-0.1, -0.05) is 6.07 Å². The van der Waals surface area contributed by atoms with Crippen molar-refractivity contribution >= 4 is 5.65 Å². The first-order valence-corrected chi connectivity index (χ1v) is 3.29. The number of pyridine rings is 1. The molecular weight excluding hydrogens is 140 g/mol. The average molecular weight is 150 g/mol.